The lowest BCUT2D eigenvalue weighted by molar-refractivity contribution is -0.121. The maximum absolute atomic E-state index is 13.1. The van der Waals surface area contributed by atoms with Crippen LogP contribution < -0.4 is 5.32 Å². The second-order valence-electron chi connectivity index (χ2n) is 9.44. The molecule has 0 spiro atoms. The maximum atomic E-state index is 13.1. The van der Waals surface area contributed by atoms with Crippen molar-refractivity contribution in [2.45, 2.75) is 32.2 Å². The number of piperidine rings is 1. The highest BCUT2D eigenvalue weighted by Gasteiger charge is 2.32. The second-order valence-corrected chi connectivity index (χ2v) is 9.44. The highest BCUT2D eigenvalue weighted by molar-refractivity contribution is 5.94. The van der Waals surface area contributed by atoms with Gasteiger partial charge in [-0.05, 0) is 55.7 Å². The predicted molar refractivity (Wildman–Crippen MR) is 136 cm³/mol. The Morgan fingerprint density at radius 2 is 1.67 bits per heavy atom. The van der Waals surface area contributed by atoms with Gasteiger partial charge in [-0.15, -0.1) is 0 Å². The Hall–Kier alpha value is -4.51. The molecule has 3 heterocycles. The van der Waals surface area contributed by atoms with Gasteiger partial charge < -0.3 is 10.2 Å². The van der Waals surface area contributed by atoms with Gasteiger partial charge in [0.1, 0.15) is 0 Å². The number of fused-ring (bicyclic) bond motifs is 1. The van der Waals surface area contributed by atoms with E-state index < -0.39 is 0 Å². The molecule has 0 atom stereocenters. The lowest BCUT2D eigenvalue weighted by Gasteiger charge is -2.39. The number of hydrogen-bond acceptors (Lipinski definition) is 5. The lowest BCUT2D eigenvalue weighted by atomic mass is 9.89. The molecule has 2 aromatic heterocycles. The molecule has 0 bridgehead atoms. The van der Waals surface area contributed by atoms with Crippen LogP contribution in [0.25, 0.3) is 28.0 Å². The first kappa shape index (κ1) is 23.2. The quantitative estimate of drug-likeness (QED) is 0.476. The molecular formula is C28H26N6O2. The average Bonchev–Trinajstić information content (AvgIpc) is 3.31. The fourth-order valence-corrected chi connectivity index (χ4v) is 4.68. The molecule has 1 aliphatic rings. The van der Waals surface area contributed by atoms with Crippen LogP contribution in [0, 0.1) is 11.3 Å². The Labute approximate surface area is 209 Å². The summed E-state index contributed by atoms with van der Waals surface area (Å²) in [4.78, 5) is 31.2. The molecule has 2 aromatic carbocycles. The van der Waals surface area contributed by atoms with Crippen LogP contribution in [-0.4, -0.2) is 49.9 Å². The molecule has 0 radical (unpaired) electrons. The van der Waals surface area contributed by atoms with Crippen molar-refractivity contribution in [1.29, 1.82) is 5.26 Å². The number of benzene rings is 2. The number of amides is 2. The molecule has 0 saturated carbocycles. The Balaban J connectivity index is 1.34. The van der Waals surface area contributed by atoms with E-state index in [0.717, 1.165) is 35.2 Å². The first-order valence-electron chi connectivity index (χ1n) is 11.9. The van der Waals surface area contributed by atoms with Crippen molar-refractivity contribution < 1.29 is 9.59 Å². The van der Waals surface area contributed by atoms with Crippen LogP contribution >= 0.6 is 0 Å². The van der Waals surface area contributed by atoms with Gasteiger partial charge in [0.2, 0.25) is 5.91 Å². The van der Waals surface area contributed by atoms with Gasteiger partial charge in [-0.1, -0.05) is 24.3 Å². The molecule has 0 aliphatic carbocycles. The summed E-state index contributed by atoms with van der Waals surface area (Å²) >= 11 is 0. The molecule has 1 saturated heterocycles. The zero-order valence-electron chi connectivity index (χ0n) is 20.2. The van der Waals surface area contributed by atoms with E-state index in [1.807, 2.05) is 60.5 Å². The van der Waals surface area contributed by atoms with E-state index in [0.29, 0.717) is 29.9 Å². The number of nitriles is 1. The number of likely N-dealkylation sites (tertiary alicyclic amines) is 1. The van der Waals surface area contributed by atoms with Crippen LogP contribution in [0.2, 0.25) is 0 Å². The minimum atomic E-state index is -0.263. The number of nitrogens with one attached hydrogen (secondary N) is 1. The van der Waals surface area contributed by atoms with Crippen molar-refractivity contribution >= 4 is 17.5 Å². The van der Waals surface area contributed by atoms with Crippen molar-refractivity contribution in [3.05, 3.63) is 78.1 Å². The van der Waals surface area contributed by atoms with E-state index in [-0.39, 0.29) is 17.4 Å². The zero-order valence-corrected chi connectivity index (χ0v) is 20.2. The summed E-state index contributed by atoms with van der Waals surface area (Å²) < 4.78 is 1.72. The van der Waals surface area contributed by atoms with Gasteiger partial charge in [-0.3, -0.25) is 9.59 Å². The molecule has 8 heteroatoms. The number of carbonyl (C=O) groups excluding carboxylic acids is 2. The smallest absolute Gasteiger partial charge is 0.253 e. The molecule has 1 N–H and O–H groups in total. The molecule has 0 unspecified atom stereocenters. The number of carbonyl (C=O) groups is 2. The van der Waals surface area contributed by atoms with Crippen molar-refractivity contribution in [3.8, 4) is 28.5 Å². The number of aromatic nitrogens is 3. The summed E-state index contributed by atoms with van der Waals surface area (Å²) in [6, 6.07) is 18.9. The first-order chi connectivity index (χ1) is 17.3. The van der Waals surface area contributed by atoms with Crippen LogP contribution in [0.3, 0.4) is 0 Å². The SMILES string of the molecule is CC(=O)NC1(C)CCN(C(=O)c2ccc(-c3ccn4ncc(-c5ccc(C#N)cc5)c4n3)cc2)CC1. The van der Waals surface area contributed by atoms with Crippen molar-refractivity contribution in [1.82, 2.24) is 24.8 Å². The Kier molecular flexibility index (Phi) is 5.98. The fourth-order valence-electron chi connectivity index (χ4n) is 4.68. The van der Waals surface area contributed by atoms with E-state index in [9.17, 15) is 9.59 Å². The van der Waals surface area contributed by atoms with Crippen LogP contribution in [0.4, 0.5) is 0 Å². The summed E-state index contributed by atoms with van der Waals surface area (Å²) in [5.74, 6) is -0.0478. The van der Waals surface area contributed by atoms with Crippen molar-refractivity contribution in [2.24, 2.45) is 0 Å². The third-order valence-corrected chi connectivity index (χ3v) is 6.75. The standard InChI is InChI=1S/C28H26N6O2/c1-19(35)32-28(2)12-15-33(16-13-28)27(36)23-9-7-22(8-10-23)25-11-14-34-26(31-25)24(18-30-34)21-5-3-20(17-29)4-6-21/h3-11,14,18H,12-13,15-16H2,1-2H3,(H,32,35). The minimum absolute atomic E-state index is 0.00581. The molecule has 180 valence electrons. The summed E-state index contributed by atoms with van der Waals surface area (Å²) in [6.07, 6.45) is 5.09. The first-order valence-corrected chi connectivity index (χ1v) is 11.9. The summed E-state index contributed by atoms with van der Waals surface area (Å²) in [7, 11) is 0. The Bertz CT molecular complexity index is 1470. The molecule has 4 aromatic rings. The molecule has 1 fully saturated rings. The maximum Gasteiger partial charge on any atom is 0.253 e. The van der Waals surface area contributed by atoms with Gasteiger partial charge in [0.05, 0.1) is 23.5 Å². The van der Waals surface area contributed by atoms with Crippen LogP contribution in [0.1, 0.15) is 42.6 Å². The fraction of sp³-hybridized carbons (Fsp3) is 0.250. The second kappa shape index (κ2) is 9.27. The van der Waals surface area contributed by atoms with Crippen molar-refractivity contribution in [3.63, 3.8) is 0 Å². The normalized spacial score (nSPS) is 14.9. The van der Waals surface area contributed by atoms with E-state index in [1.165, 1.54) is 6.92 Å². The highest BCUT2D eigenvalue weighted by atomic mass is 16.2. The van der Waals surface area contributed by atoms with Crippen LogP contribution in [0.5, 0.6) is 0 Å². The van der Waals surface area contributed by atoms with E-state index in [2.05, 4.69) is 16.5 Å². The van der Waals surface area contributed by atoms with Crippen LogP contribution in [-0.2, 0) is 4.79 Å². The third kappa shape index (κ3) is 4.56. The van der Waals surface area contributed by atoms with Gasteiger partial charge in [-0.2, -0.15) is 10.4 Å². The predicted octanol–water partition coefficient (Wildman–Crippen LogP) is 4.07. The summed E-state index contributed by atoms with van der Waals surface area (Å²) in [6.45, 7) is 4.77. The lowest BCUT2D eigenvalue weighted by Crippen LogP contribution is -2.53. The Morgan fingerprint density at radius 3 is 2.31 bits per heavy atom. The number of hydrogen-bond donors (Lipinski definition) is 1. The third-order valence-electron chi connectivity index (χ3n) is 6.75. The van der Waals surface area contributed by atoms with Crippen molar-refractivity contribution in [2.75, 3.05) is 13.1 Å². The van der Waals surface area contributed by atoms with E-state index in [1.54, 1.807) is 22.8 Å². The number of rotatable bonds is 4. The van der Waals surface area contributed by atoms with Gasteiger partial charge in [0, 0.05) is 48.4 Å². The molecule has 36 heavy (non-hydrogen) atoms. The van der Waals surface area contributed by atoms with Crippen LogP contribution in [0.15, 0.2) is 67.0 Å². The number of nitrogens with zero attached hydrogens (tertiary/aromatic N) is 5. The van der Waals surface area contributed by atoms with E-state index in [4.69, 9.17) is 10.2 Å². The summed E-state index contributed by atoms with van der Waals surface area (Å²) in [5, 5.41) is 16.5. The molecule has 2 amide bonds. The summed E-state index contributed by atoms with van der Waals surface area (Å²) in [5.41, 5.74) is 5.18. The Morgan fingerprint density at radius 1 is 1.00 bits per heavy atom. The van der Waals surface area contributed by atoms with Gasteiger partial charge in [0.15, 0.2) is 5.65 Å². The monoisotopic (exact) mass is 478 g/mol. The topological polar surface area (TPSA) is 103 Å². The average molecular weight is 479 g/mol. The molecule has 1 aliphatic heterocycles. The van der Waals surface area contributed by atoms with Gasteiger partial charge in [0.25, 0.3) is 5.91 Å². The molecular weight excluding hydrogens is 452 g/mol. The largest absolute Gasteiger partial charge is 0.351 e. The minimum Gasteiger partial charge on any atom is -0.351 e. The zero-order chi connectivity index (χ0) is 25.3. The highest BCUT2D eigenvalue weighted by Crippen LogP contribution is 2.27. The van der Waals surface area contributed by atoms with E-state index >= 15 is 0 Å². The molecule has 8 nitrogen and oxygen atoms in total. The molecule has 5 rings (SSSR count). The van der Waals surface area contributed by atoms with Gasteiger partial charge in [-0.25, -0.2) is 9.50 Å². The van der Waals surface area contributed by atoms with Gasteiger partial charge >= 0.3 is 0 Å².